The second-order valence-corrected chi connectivity index (χ2v) is 6.64. The molecule has 0 aliphatic heterocycles. The number of thioether (sulfide) groups is 1. The molecule has 0 unspecified atom stereocenters. The molecule has 1 aromatic heterocycles. The first kappa shape index (κ1) is 15.7. The van der Waals surface area contributed by atoms with Crippen molar-refractivity contribution in [2.75, 3.05) is 0 Å². The number of aromatic nitrogens is 1. The molecule has 0 aliphatic carbocycles. The first-order chi connectivity index (χ1) is 12.3. The number of oxazole rings is 1. The Balaban J connectivity index is 1.71. The van der Waals surface area contributed by atoms with E-state index in [1.165, 1.54) is 11.8 Å². The molecule has 0 saturated carbocycles. The molecule has 0 amide bonds. The van der Waals surface area contributed by atoms with Crippen molar-refractivity contribution >= 4 is 28.6 Å². The average Bonchev–Trinajstić information content (AvgIpc) is 3.09. The molecule has 0 bridgehead atoms. The normalized spacial score (nSPS) is 12.2. The zero-order valence-corrected chi connectivity index (χ0v) is 14.1. The summed E-state index contributed by atoms with van der Waals surface area (Å²) in [5, 5.41) is 0.0935. The van der Waals surface area contributed by atoms with Gasteiger partial charge in [-0.15, -0.1) is 0 Å². The highest BCUT2D eigenvalue weighted by Gasteiger charge is 2.25. The number of hydrogen-bond acceptors (Lipinski definition) is 4. The van der Waals surface area contributed by atoms with Gasteiger partial charge in [0.2, 0.25) is 0 Å². The Morgan fingerprint density at radius 3 is 2.20 bits per heavy atom. The molecule has 0 aliphatic rings. The highest BCUT2D eigenvalue weighted by Crippen LogP contribution is 2.38. The number of carbonyl (C=O) groups is 1. The van der Waals surface area contributed by atoms with Gasteiger partial charge < -0.3 is 4.42 Å². The van der Waals surface area contributed by atoms with Crippen molar-refractivity contribution < 1.29 is 9.21 Å². The minimum atomic E-state index is -0.406. The summed E-state index contributed by atoms with van der Waals surface area (Å²) in [6.45, 7) is 0. The fraction of sp³-hybridized carbons (Fsp3) is 0.0476. The Kier molecular flexibility index (Phi) is 4.36. The zero-order chi connectivity index (χ0) is 17.1. The van der Waals surface area contributed by atoms with Gasteiger partial charge in [0.05, 0.1) is 0 Å². The molecule has 4 heteroatoms. The summed E-state index contributed by atoms with van der Waals surface area (Å²) in [4.78, 5) is 17.6. The van der Waals surface area contributed by atoms with Crippen LogP contribution in [0.2, 0.25) is 0 Å². The summed E-state index contributed by atoms with van der Waals surface area (Å²) < 4.78 is 5.81. The fourth-order valence-corrected chi connectivity index (χ4v) is 3.68. The molecule has 0 saturated heterocycles. The van der Waals surface area contributed by atoms with E-state index >= 15 is 0 Å². The number of benzene rings is 3. The summed E-state index contributed by atoms with van der Waals surface area (Å²) in [7, 11) is 0. The lowest BCUT2D eigenvalue weighted by atomic mass is 10.0. The summed E-state index contributed by atoms with van der Waals surface area (Å²) in [6, 6.07) is 26.7. The maximum Gasteiger partial charge on any atom is 0.257 e. The number of ketones is 1. The predicted octanol–water partition coefficient (Wildman–Crippen LogP) is 5.54. The Morgan fingerprint density at radius 1 is 0.840 bits per heavy atom. The molecule has 122 valence electrons. The lowest BCUT2D eigenvalue weighted by Gasteiger charge is -2.14. The first-order valence-electron chi connectivity index (χ1n) is 7.98. The van der Waals surface area contributed by atoms with E-state index in [4.69, 9.17) is 4.42 Å². The van der Waals surface area contributed by atoms with Gasteiger partial charge in [0.1, 0.15) is 10.8 Å². The van der Waals surface area contributed by atoms with Gasteiger partial charge in [-0.1, -0.05) is 84.6 Å². The Labute approximate surface area is 149 Å². The number of nitrogens with zero attached hydrogens (tertiary/aromatic N) is 1. The highest BCUT2D eigenvalue weighted by atomic mass is 32.2. The Morgan fingerprint density at radius 2 is 1.48 bits per heavy atom. The minimum Gasteiger partial charge on any atom is -0.431 e. The lowest BCUT2D eigenvalue weighted by Crippen LogP contribution is -2.09. The molecule has 1 atom stereocenters. The molecular weight excluding hydrogens is 330 g/mol. The van der Waals surface area contributed by atoms with Gasteiger partial charge in [0.15, 0.2) is 11.4 Å². The highest BCUT2D eigenvalue weighted by molar-refractivity contribution is 8.00. The van der Waals surface area contributed by atoms with Crippen molar-refractivity contribution in [3.8, 4) is 0 Å². The van der Waals surface area contributed by atoms with Crippen molar-refractivity contribution in [3.05, 3.63) is 96.1 Å². The smallest absolute Gasteiger partial charge is 0.257 e. The average molecular weight is 345 g/mol. The Hall–Kier alpha value is -2.85. The van der Waals surface area contributed by atoms with Crippen molar-refractivity contribution in [3.63, 3.8) is 0 Å². The van der Waals surface area contributed by atoms with Crippen LogP contribution in [0.1, 0.15) is 21.2 Å². The molecule has 0 radical (unpaired) electrons. The van der Waals surface area contributed by atoms with Crippen molar-refractivity contribution in [2.45, 2.75) is 10.5 Å². The maximum atomic E-state index is 13.1. The van der Waals surface area contributed by atoms with Crippen LogP contribution in [-0.2, 0) is 0 Å². The minimum absolute atomic E-state index is 0.0408. The van der Waals surface area contributed by atoms with Crippen LogP contribution in [0.3, 0.4) is 0 Å². The zero-order valence-electron chi connectivity index (χ0n) is 13.3. The quantitative estimate of drug-likeness (QED) is 0.352. The van der Waals surface area contributed by atoms with E-state index < -0.39 is 5.25 Å². The largest absolute Gasteiger partial charge is 0.431 e. The van der Waals surface area contributed by atoms with Gasteiger partial charge in [-0.05, 0) is 17.7 Å². The number of rotatable bonds is 5. The summed E-state index contributed by atoms with van der Waals surface area (Å²) in [5.74, 6) is 0.0408. The molecular formula is C21H15NO2S. The van der Waals surface area contributed by atoms with Crippen molar-refractivity contribution in [1.82, 2.24) is 4.98 Å². The third-order valence-electron chi connectivity index (χ3n) is 3.89. The standard InChI is InChI=1S/C21H15NO2S/c23-19(15-9-3-1-4-10-15)20(16-11-5-2-6-12-16)25-21-22-17-13-7-8-14-18(17)24-21/h1-14,20H/t20-/m1/s1. The van der Waals surface area contributed by atoms with Gasteiger partial charge in [-0.2, -0.15) is 0 Å². The molecule has 0 spiro atoms. The van der Waals surface area contributed by atoms with E-state index in [1.807, 2.05) is 84.9 Å². The fourth-order valence-electron chi connectivity index (χ4n) is 2.66. The van der Waals surface area contributed by atoms with E-state index in [-0.39, 0.29) is 5.78 Å². The summed E-state index contributed by atoms with van der Waals surface area (Å²) >= 11 is 1.34. The van der Waals surface area contributed by atoms with Crippen LogP contribution >= 0.6 is 11.8 Å². The number of hydrogen-bond donors (Lipinski definition) is 0. The number of para-hydroxylation sites is 2. The Bertz CT molecular complexity index is 963. The SMILES string of the molecule is O=C(c1ccccc1)[C@H](Sc1nc2ccccc2o1)c1ccccc1. The van der Waals surface area contributed by atoms with Gasteiger partial charge in [-0.3, -0.25) is 4.79 Å². The molecule has 25 heavy (non-hydrogen) atoms. The van der Waals surface area contributed by atoms with Gasteiger partial charge >= 0.3 is 0 Å². The first-order valence-corrected chi connectivity index (χ1v) is 8.86. The number of fused-ring (bicyclic) bond motifs is 1. The van der Waals surface area contributed by atoms with Crippen LogP contribution in [0, 0.1) is 0 Å². The molecule has 3 aromatic carbocycles. The third kappa shape index (κ3) is 3.35. The van der Waals surface area contributed by atoms with Crippen LogP contribution in [-0.4, -0.2) is 10.8 Å². The van der Waals surface area contributed by atoms with Crippen LogP contribution in [0.15, 0.2) is 94.6 Å². The van der Waals surface area contributed by atoms with E-state index in [0.29, 0.717) is 10.8 Å². The van der Waals surface area contributed by atoms with Gasteiger partial charge in [0, 0.05) is 5.56 Å². The van der Waals surface area contributed by atoms with Crippen LogP contribution in [0.5, 0.6) is 0 Å². The van der Waals surface area contributed by atoms with E-state index in [0.717, 1.165) is 16.7 Å². The maximum absolute atomic E-state index is 13.1. The van der Waals surface area contributed by atoms with Crippen LogP contribution in [0.25, 0.3) is 11.1 Å². The van der Waals surface area contributed by atoms with Crippen LogP contribution < -0.4 is 0 Å². The van der Waals surface area contributed by atoms with E-state index in [2.05, 4.69) is 4.98 Å². The van der Waals surface area contributed by atoms with E-state index in [1.54, 1.807) is 0 Å². The second-order valence-electron chi connectivity index (χ2n) is 5.59. The summed E-state index contributed by atoms with van der Waals surface area (Å²) in [5.41, 5.74) is 3.14. The number of carbonyl (C=O) groups excluding carboxylic acids is 1. The van der Waals surface area contributed by atoms with Crippen molar-refractivity contribution in [2.24, 2.45) is 0 Å². The van der Waals surface area contributed by atoms with Crippen molar-refractivity contribution in [1.29, 1.82) is 0 Å². The topological polar surface area (TPSA) is 43.1 Å². The molecule has 4 aromatic rings. The monoisotopic (exact) mass is 345 g/mol. The third-order valence-corrected chi connectivity index (χ3v) is 4.99. The van der Waals surface area contributed by atoms with Gasteiger partial charge in [0.25, 0.3) is 5.22 Å². The molecule has 0 fully saturated rings. The molecule has 0 N–H and O–H groups in total. The molecule has 3 nitrogen and oxygen atoms in total. The molecule has 1 heterocycles. The molecule has 4 rings (SSSR count). The lowest BCUT2D eigenvalue weighted by molar-refractivity contribution is 0.0989. The van der Waals surface area contributed by atoms with E-state index in [9.17, 15) is 4.79 Å². The number of Topliss-reactive ketones (excluding diaryl/α,β-unsaturated/α-hetero) is 1. The predicted molar refractivity (Wildman–Crippen MR) is 99.8 cm³/mol. The van der Waals surface area contributed by atoms with Crippen LogP contribution in [0.4, 0.5) is 0 Å². The second kappa shape index (κ2) is 6.95. The van der Waals surface area contributed by atoms with Gasteiger partial charge in [-0.25, -0.2) is 4.98 Å². The summed E-state index contributed by atoms with van der Waals surface area (Å²) in [6.07, 6.45) is 0.